The number of aromatic nitrogens is 3. The Morgan fingerprint density at radius 2 is 2.07 bits per heavy atom. The molecule has 7 nitrogen and oxygen atoms in total. The Balaban J connectivity index is 1.84. The van der Waals surface area contributed by atoms with E-state index < -0.39 is 11.7 Å². The first kappa shape index (κ1) is 21.4. The van der Waals surface area contributed by atoms with Crippen LogP contribution in [0.5, 0.6) is 0 Å². The van der Waals surface area contributed by atoms with Gasteiger partial charge in [-0.25, -0.2) is 13.8 Å². The highest BCUT2D eigenvalue weighted by Crippen LogP contribution is 2.25. The minimum Gasteiger partial charge on any atom is -0.369 e. The van der Waals surface area contributed by atoms with Gasteiger partial charge in [0.25, 0.3) is 5.91 Å². The molecule has 1 amide bonds. The molecule has 0 unspecified atom stereocenters. The molecule has 0 bridgehead atoms. The molecule has 2 heterocycles. The highest BCUT2D eigenvalue weighted by Gasteiger charge is 2.19. The number of nitrogens with zero attached hydrogens (tertiary/aromatic N) is 3. The molecule has 0 aliphatic carbocycles. The number of rotatable bonds is 9. The fourth-order valence-electron chi connectivity index (χ4n) is 2.96. The number of anilines is 1. The molecule has 0 saturated heterocycles. The summed E-state index contributed by atoms with van der Waals surface area (Å²) < 4.78 is 29.7. The number of amides is 1. The topological polar surface area (TPSA) is 97.9 Å². The van der Waals surface area contributed by atoms with Gasteiger partial charge in [0.1, 0.15) is 17.3 Å². The number of carbonyl (C=O) groups is 1. The van der Waals surface area contributed by atoms with Crippen LogP contribution in [0.3, 0.4) is 0 Å². The average molecular weight is 414 g/mol. The van der Waals surface area contributed by atoms with Crippen molar-refractivity contribution in [2.75, 3.05) is 25.0 Å². The van der Waals surface area contributed by atoms with Crippen molar-refractivity contribution in [1.82, 2.24) is 20.1 Å². The second-order valence-electron chi connectivity index (χ2n) is 6.82. The molecule has 0 fully saturated rings. The predicted molar refractivity (Wildman–Crippen MR) is 111 cm³/mol. The van der Waals surface area contributed by atoms with E-state index in [4.69, 9.17) is 5.73 Å². The normalized spacial score (nSPS) is 10.8. The summed E-state index contributed by atoms with van der Waals surface area (Å²) in [4.78, 5) is 16.9. The zero-order valence-electron chi connectivity index (χ0n) is 16.7. The lowest BCUT2D eigenvalue weighted by molar-refractivity contribution is 0.0953. The summed E-state index contributed by atoms with van der Waals surface area (Å²) in [5.74, 6) is -1.13. The van der Waals surface area contributed by atoms with E-state index in [0.29, 0.717) is 38.0 Å². The Kier molecular flexibility index (Phi) is 7.08. The number of carbonyl (C=O) groups excluding carboxylic acids is 1. The molecule has 0 aliphatic rings. The molecule has 158 valence electrons. The van der Waals surface area contributed by atoms with Gasteiger partial charge in [0, 0.05) is 31.9 Å². The Morgan fingerprint density at radius 1 is 1.23 bits per heavy atom. The molecular formula is C21H24F2N6O. The Bertz CT molecular complexity index is 1020. The second kappa shape index (κ2) is 9.93. The average Bonchev–Trinajstić information content (AvgIpc) is 3.15. The quantitative estimate of drug-likeness (QED) is 0.468. The number of nitrogens with one attached hydrogen (secondary N) is 2. The molecule has 0 aliphatic heterocycles. The van der Waals surface area contributed by atoms with Gasteiger partial charge in [-0.1, -0.05) is 12.1 Å². The maximum Gasteiger partial charge on any atom is 0.255 e. The minimum atomic E-state index is -0.623. The van der Waals surface area contributed by atoms with Crippen LogP contribution in [0.4, 0.5) is 14.6 Å². The summed E-state index contributed by atoms with van der Waals surface area (Å²) in [6.07, 6.45) is 4.26. The lowest BCUT2D eigenvalue weighted by atomic mass is 10.1. The number of hydrogen-bond acceptors (Lipinski definition) is 5. The number of aryl methyl sites for hydroxylation is 1. The molecule has 0 radical (unpaired) electrons. The molecule has 30 heavy (non-hydrogen) atoms. The van der Waals surface area contributed by atoms with E-state index >= 15 is 0 Å². The van der Waals surface area contributed by atoms with Crippen LogP contribution in [-0.4, -0.2) is 40.3 Å². The molecule has 1 aromatic carbocycles. The van der Waals surface area contributed by atoms with Crippen molar-refractivity contribution in [1.29, 1.82) is 0 Å². The maximum atomic E-state index is 14.7. The van der Waals surface area contributed by atoms with Gasteiger partial charge in [-0.3, -0.25) is 9.48 Å². The first-order valence-corrected chi connectivity index (χ1v) is 9.64. The van der Waals surface area contributed by atoms with Gasteiger partial charge in [-0.2, -0.15) is 5.10 Å². The van der Waals surface area contributed by atoms with E-state index in [0.717, 1.165) is 11.6 Å². The van der Waals surface area contributed by atoms with Gasteiger partial charge < -0.3 is 16.4 Å². The number of halogens is 2. The van der Waals surface area contributed by atoms with Gasteiger partial charge in [0.2, 0.25) is 0 Å². The third-order valence-corrected chi connectivity index (χ3v) is 4.46. The first-order valence-electron chi connectivity index (χ1n) is 9.64. The maximum absolute atomic E-state index is 14.7. The zero-order chi connectivity index (χ0) is 21.5. The molecule has 0 atom stereocenters. The predicted octanol–water partition coefficient (Wildman–Crippen LogP) is 2.49. The van der Waals surface area contributed by atoms with Crippen LogP contribution >= 0.6 is 0 Å². The number of hydrogen-bond donors (Lipinski definition) is 3. The van der Waals surface area contributed by atoms with Crippen molar-refractivity contribution < 1.29 is 13.6 Å². The second-order valence-corrected chi connectivity index (χ2v) is 6.82. The molecule has 3 rings (SSSR count). The van der Waals surface area contributed by atoms with E-state index in [9.17, 15) is 13.6 Å². The van der Waals surface area contributed by atoms with E-state index in [2.05, 4.69) is 20.7 Å². The van der Waals surface area contributed by atoms with Crippen molar-refractivity contribution in [3.05, 3.63) is 65.5 Å². The lowest BCUT2D eigenvalue weighted by Crippen LogP contribution is -2.27. The summed E-state index contributed by atoms with van der Waals surface area (Å²) in [7, 11) is 1.72. The third-order valence-electron chi connectivity index (χ3n) is 4.46. The minimum absolute atomic E-state index is 0.0925. The highest BCUT2D eigenvalue weighted by molar-refractivity contribution is 5.99. The van der Waals surface area contributed by atoms with Gasteiger partial charge in [0.15, 0.2) is 5.82 Å². The molecule has 0 saturated carbocycles. The summed E-state index contributed by atoms with van der Waals surface area (Å²) in [6, 6.07) is 7.43. The van der Waals surface area contributed by atoms with E-state index in [-0.39, 0.29) is 22.9 Å². The van der Waals surface area contributed by atoms with Gasteiger partial charge in [-0.15, -0.1) is 0 Å². The van der Waals surface area contributed by atoms with Crippen LogP contribution < -0.4 is 16.4 Å². The molecule has 2 aromatic heterocycles. The smallest absolute Gasteiger partial charge is 0.255 e. The van der Waals surface area contributed by atoms with Crippen molar-refractivity contribution >= 4 is 11.7 Å². The summed E-state index contributed by atoms with van der Waals surface area (Å²) in [6.45, 7) is 1.20. The molecule has 4 N–H and O–H groups in total. The molecule has 3 aromatic rings. The van der Waals surface area contributed by atoms with Crippen LogP contribution in [0.25, 0.3) is 11.3 Å². The van der Waals surface area contributed by atoms with Crippen LogP contribution in [0, 0.1) is 11.6 Å². The fourth-order valence-corrected chi connectivity index (χ4v) is 2.96. The van der Waals surface area contributed by atoms with Crippen LogP contribution in [0.15, 0.2) is 42.7 Å². The monoisotopic (exact) mass is 414 g/mol. The highest BCUT2D eigenvalue weighted by atomic mass is 19.1. The van der Waals surface area contributed by atoms with Crippen molar-refractivity contribution in [3.63, 3.8) is 0 Å². The van der Waals surface area contributed by atoms with Crippen LogP contribution in [0.2, 0.25) is 0 Å². The number of benzene rings is 1. The largest absolute Gasteiger partial charge is 0.369 e. The molecule has 9 heteroatoms. The van der Waals surface area contributed by atoms with Crippen LogP contribution in [-0.2, 0) is 13.5 Å². The summed E-state index contributed by atoms with van der Waals surface area (Å²) >= 11 is 0. The first-order chi connectivity index (χ1) is 14.5. The lowest BCUT2D eigenvalue weighted by Gasteiger charge is -2.14. The van der Waals surface area contributed by atoms with Crippen molar-refractivity contribution in [2.45, 2.75) is 12.8 Å². The molecular weight excluding hydrogens is 390 g/mol. The molecule has 0 spiro atoms. The van der Waals surface area contributed by atoms with Gasteiger partial charge in [0.05, 0.1) is 11.8 Å². The van der Waals surface area contributed by atoms with E-state index in [1.165, 1.54) is 18.3 Å². The van der Waals surface area contributed by atoms with Crippen LogP contribution in [0.1, 0.15) is 22.3 Å². The standard InChI is InChI=1S/C21H24F2N6O/c1-29-13-15(12-27-29)19-18(23)11-17(21(30)26-8-3-7-24)20(28-19)25-9-6-14-4-2-5-16(22)10-14/h2,4-5,10-13H,3,6-9,24H2,1H3,(H,25,28)(H,26,30). The van der Waals surface area contributed by atoms with Gasteiger partial charge in [-0.05, 0) is 43.1 Å². The Labute approximate surface area is 173 Å². The Morgan fingerprint density at radius 3 is 2.77 bits per heavy atom. The summed E-state index contributed by atoms with van der Waals surface area (Å²) in [5.41, 5.74) is 6.94. The third kappa shape index (κ3) is 5.38. The SMILES string of the molecule is Cn1cc(-c2nc(NCCc3cccc(F)c3)c(C(=O)NCCCN)cc2F)cn1. The van der Waals surface area contributed by atoms with Crippen molar-refractivity contribution in [3.8, 4) is 11.3 Å². The Hall–Kier alpha value is -3.33. The van der Waals surface area contributed by atoms with E-state index in [1.807, 2.05) is 6.07 Å². The number of nitrogens with two attached hydrogens (primary N) is 1. The van der Waals surface area contributed by atoms with Crippen molar-refractivity contribution in [2.24, 2.45) is 12.8 Å². The van der Waals surface area contributed by atoms with Gasteiger partial charge >= 0.3 is 0 Å². The zero-order valence-corrected chi connectivity index (χ0v) is 16.7. The fraction of sp³-hybridized carbons (Fsp3) is 0.286. The number of pyridine rings is 1. The van der Waals surface area contributed by atoms with E-state index in [1.54, 1.807) is 24.0 Å². The summed E-state index contributed by atoms with van der Waals surface area (Å²) in [5, 5.41) is 9.84.